The topological polar surface area (TPSA) is 212 Å². The number of carboxylic acid groups (broad SMARTS) is 1. The summed E-state index contributed by atoms with van der Waals surface area (Å²) in [5.74, 6) is -2.83. The monoisotopic (exact) mass is 659 g/mol. The minimum atomic E-state index is -1.52. The molecular weight excluding hydrogens is 637 g/mol. The van der Waals surface area contributed by atoms with Crippen LogP contribution in [0.2, 0.25) is 10.0 Å². The van der Waals surface area contributed by atoms with Gasteiger partial charge in [0.25, 0.3) is 5.91 Å². The number of rotatable bonds is 8. The lowest BCUT2D eigenvalue weighted by molar-refractivity contribution is -0.151. The van der Waals surface area contributed by atoms with E-state index in [4.69, 9.17) is 23.2 Å². The summed E-state index contributed by atoms with van der Waals surface area (Å²) in [6.07, 6.45) is 0. The number of β-lactam (4-membered cyclic amide) rings is 1. The van der Waals surface area contributed by atoms with Crippen molar-refractivity contribution in [3.8, 4) is 5.75 Å². The number of aromatic hydroxyl groups is 1. The van der Waals surface area contributed by atoms with Crippen molar-refractivity contribution in [2.24, 2.45) is 7.05 Å². The highest BCUT2D eigenvalue weighted by molar-refractivity contribution is 8.01. The lowest BCUT2D eigenvalue weighted by atomic mass is 10.0. The summed E-state index contributed by atoms with van der Waals surface area (Å²) in [5, 5.41) is 37.5. The molecule has 6 amide bonds. The number of nitrogens with one attached hydrogen (secondary N) is 3. The predicted octanol–water partition coefficient (Wildman–Crippen LogP) is 0.775. The van der Waals surface area contributed by atoms with E-state index in [1.165, 1.54) is 54.4 Å². The predicted molar refractivity (Wildman–Crippen MR) is 151 cm³/mol. The zero-order valence-electron chi connectivity index (χ0n) is 22.0. The van der Waals surface area contributed by atoms with E-state index in [-0.39, 0.29) is 32.8 Å². The van der Waals surface area contributed by atoms with Gasteiger partial charge in [0, 0.05) is 32.6 Å². The van der Waals surface area contributed by atoms with Gasteiger partial charge in [-0.25, -0.2) is 24.0 Å². The van der Waals surface area contributed by atoms with Crippen molar-refractivity contribution in [2.45, 2.75) is 22.6 Å². The Morgan fingerprint density at radius 2 is 1.90 bits per heavy atom. The molecule has 2 aliphatic heterocycles. The zero-order valence-corrected chi connectivity index (χ0v) is 25.1. The Labute approximate surface area is 256 Å². The van der Waals surface area contributed by atoms with Crippen LogP contribution < -0.4 is 16.0 Å². The van der Waals surface area contributed by atoms with E-state index in [1.807, 2.05) is 0 Å². The molecule has 16 nitrogen and oxygen atoms in total. The average Bonchev–Trinajstić information content (AvgIpc) is 3.38. The lowest BCUT2D eigenvalue weighted by Crippen LogP contribution is -2.71. The lowest BCUT2D eigenvalue weighted by Gasteiger charge is -2.49. The number of amides is 6. The molecule has 5 N–H and O–H groups in total. The van der Waals surface area contributed by atoms with Crippen LogP contribution in [0.15, 0.2) is 28.6 Å². The number of halogens is 2. The van der Waals surface area contributed by atoms with Gasteiger partial charge < -0.3 is 26.2 Å². The fourth-order valence-corrected chi connectivity index (χ4v) is 6.90. The van der Waals surface area contributed by atoms with Crippen molar-refractivity contribution >= 4 is 76.6 Å². The van der Waals surface area contributed by atoms with Crippen LogP contribution in [0.1, 0.15) is 11.6 Å². The second-order valence-electron chi connectivity index (χ2n) is 8.86. The number of carbonyl (C=O) groups is 5. The normalized spacial score (nSPS) is 18.5. The van der Waals surface area contributed by atoms with E-state index >= 15 is 0 Å². The first kappa shape index (κ1) is 31.2. The van der Waals surface area contributed by atoms with Crippen LogP contribution in [-0.4, -0.2) is 107 Å². The molecule has 3 atom stereocenters. The number of nitrogens with zero attached hydrogens (tertiary/aromatic N) is 6. The Bertz CT molecular complexity index is 1480. The van der Waals surface area contributed by atoms with Gasteiger partial charge in [-0.05, 0) is 33.7 Å². The van der Waals surface area contributed by atoms with E-state index < -0.39 is 53.1 Å². The fourth-order valence-electron chi connectivity index (χ4n) is 4.06. The number of carbonyl (C=O) groups excluding carboxylic acids is 4. The van der Waals surface area contributed by atoms with E-state index in [1.54, 1.807) is 7.05 Å². The molecule has 0 spiro atoms. The minimum absolute atomic E-state index is 0.0441. The molecule has 0 saturated carbocycles. The van der Waals surface area contributed by atoms with Crippen LogP contribution in [0.5, 0.6) is 5.75 Å². The van der Waals surface area contributed by atoms with E-state index in [0.717, 1.165) is 4.90 Å². The number of aromatic nitrogens is 4. The Morgan fingerprint density at radius 3 is 2.48 bits per heavy atom. The number of carboxylic acids is 1. The maximum Gasteiger partial charge on any atom is 0.352 e. The highest BCUT2D eigenvalue weighted by atomic mass is 35.5. The molecule has 224 valence electrons. The summed E-state index contributed by atoms with van der Waals surface area (Å²) in [6.45, 7) is 0. The molecule has 1 aromatic heterocycles. The summed E-state index contributed by atoms with van der Waals surface area (Å²) < 4.78 is 1.43. The number of aryl methyl sites for hydroxylation is 1. The molecule has 2 unspecified atom stereocenters. The zero-order chi connectivity index (χ0) is 30.9. The Balaban J connectivity index is 1.55. The van der Waals surface area contributed by atoms with Gasteiger partial charge in [0.15, 0.2) is 5.75 Å². The second-order valence-corrected chi connectivity index (χ2v) is 11.7. The number of phenolic OH excluding ortho intramolecular Hbond substituents is 1. The quantitative estimate of drug-likeness (QED) is 0.196. The minimum Gasteiger partial charge on any atom is -0.505 e. The molecule has 20 heteroatoms. The smallest absolute Gasteiger partial charge is 0.352 e. The number of aliphatic carboxylic acids is 1. The summed E-state index contributed by atoms with van der Waals surface area (Å²) >= 11 is 14.5. The Morgan fingerprint density at radius 1 is 1.24 bits per heavy atom. The third-order valence-corrected chi connectivity index (χ3v) is 9.24. The number of imide groups is 1. The molecule has 0 aliphatic carbocycles. The SMILES string of the molecule is CNC(=O)N(C)C(=O)NC(C(=O)NC1C(=O)N2C(C(=O)O)=C(CSc3nnnn3C)CS[C@@H]12)c1cc(Cl)c(O)c(Cl)c1. The van der Waals surface area contributed by atoms with E-state index in [0.29, 0.717) is 15.6 Å². The molecule has 1 fully saturated rings. The van der Waals surface area contributed by atoms with Crippen molar-refractivity contribution in [3.63, 3.8) is 0 Å². The van der Waals surface area contributed by atoms with Crippen LogP contribution in [0.4, 0.5) is 9.59 Å². The molecule has 1 aromatic carbocycles. The van der Waals surface area contributed by atoms with Gasteiger partial charge in [-0.15, -0.1) is 16.9 Å². The van der Waals surface area contributed by atoms with Crippen molar-refractivity contribution in [3.05, 3.63) is 39.0 Å². The van der Waals surface area contributed by atoms with Gasteiger partial charge in [0.2, 0.25) is 11.1 Å². The molecule has 42 heavy (non-hydrogen) atoms. The number of tetrazole rings is 1. The number of phenols is 1. The molecule has 1 saturated heterocycles. The molecule has 2 aromatic rings. The summed E-state index contributed by atoms with van der Waals surface area (Å²) in [5.41, 5.74) is 0.333. The summed E-state index contributed by atoms with van der Waals surface area (Å²) in [6, 6.07) is -2.00. The number of urea groups is 2. The van der Waals surface area contributed by atoms with Gasteiger partial charge in [-0.1, -0.05) is 35.0 Å². The number of thioether (sulfide) groups is 2. The van der Waals surface area contributed by atoms with Gasteiger partial charge in [-0.3, -0.25) is 14.5 Å². The van der Waals surface area contributed by atoms with Crippen molar-refractivity contribution < 1.29 is 34.2 Å². The van der Waals surface area contributed by atoms with Gasteiger partial charge in [-0.2, -0.15) is 0 Å². The highest BCUT2D eigenvalue weighted by Gasteiger charge is 2.54. The molecule has 3 heterocycles. The van der Waals surface area contributed by atoms with Crippen molar-refractivity contribution in [1.82, 2.24) is 46.0 Å². The van der Waals surface area contributed by atoms with Gasteiger partial charge in [0.05, 0.1) is 10.0 Å². The maximum absolute atomic E-state index is 13.5. The third-order valence-electron chi connectivity index (χ3n) is 6.23. The largest absolute Gasteiger partial charge is 0.505 e. The summed E-state index contributed by atoms with van der Waals surface area (Å²) in [7, 11) is 4.12. The average molecular weight is 661 g/mol. The molecule has 4 rings (SSSR count). The molecule has 0 radical (unpaired) electrons. The van der Waals surface area contributed by atoms with E-state index in [9.17, 15) is 34.2 Å². The van der Waals surface area contributed by atoms with Gasteiger partial charge in [0.1, 0.15) is 23.2 Å². The second kappa shape index (κ2) is 12.6. The standard InChI is InChI=1S/C22H23Cl2N9O7S2/c1-25-20(39)31(2)21(40)27-12(8-4-10(23)15(34)11(24)5-8)16(35)26-13-17(36)33-14(19(37)38)9(6-41-18(13)33)7-42-22-28-29-30-32(22)3/h4-5,12-13,18,34H,6-7H2,1-3H3,(H,25,39)(H,26,35)(H,27,40)(H,37,38)/t12?,13?,18-/m0/s1. The molecular formula is C22H23Cl2N9O7S2. The number of hydrogen-bond acceptors (Lipinski definition) is 11. The Kier molecular flexibility index (Phi) is 9.39. The highest BCUT2D eigenvalue weighted by Crippen LogP contribution is 2.42. The Hall–Kier alpha value is -3.74. The van der Waals surface area contributed by atoms with Crippen molar-refractivity contribution in [1.29, 1.82) is 0 Å². The fraction of sp³-hybridized carbons (Fsp3) is 0.364. The van der Waals surface area contributed by atoms with Gasteiger partial charge >= 0.3 is 18.0 Å². The number of benzene rings is 1. The maximum atomic E-state index is 13.5. The third kappa shape index (κ3) is 6.06. The van der Waals surface area contributed by atoms with Crippen molar-refractivity contribution in [2.75, 3.05) is 25.6 Å². The van der Waals surface area contributed by atoms with E-state index in [2.05, 4.69) is 31.5 Å². The van der Waals surface area contributed by atoms with Crippen LogP contribution in [0.3, 0.4) is 0 Å². The van der Waals surface area contributed by atoms with Crippen LogP contribution in [-0.2, 0) is 21.4 Å². The summed E-state index contributed by atoms with van der Waals surface area (Å²) in [4.78, 5) is 65.3. The first-order valence-electron chi connectivity index (χ1n) is 11.8. The van der Waals surface area contributed by atoms with Crippen LogP contribution >= 0.6 is 46.7 Å². The van der Waals surface area contributed by atoms with Crippen LogP contribution in [0, 0.1) is 0 Å². The number of fused-ring (bicyclic) bond motifs is 1. The molecule has 0 bridgehead atoms. The first-order chi connectivity index (χ1) is 19.8. The van der Waals surface area contributed by atoms with Crippen LogP contribution in [0.25, 0.3) is 0 Å². The number of hydrogen-bond donors (Lipinski definition) is 5. The molecule has 2 aliphatic rings. The first-order valence-corrected chi connectivity index (χ1v) is 14.6.